The lowest BCUT2D eigenvalue weighted by molar-refractivity contribution is -0.00978. The fraction of sp³-hybridized carbons (Fsp3) is 0.221. The van der Waals surface area contributed by atoms with Crippen molar-refractivity contribution in [2.75, 3.05) is 91.2 Å². The number of carbonyl (C=O) groups excluding carboxylic acids is 4. The molecule has 2 fully saturated rings. The monoisotopic (exact) mass is 1640 g/mol. The highest BCUT2D eigenvalue weighted by Gasteiger charge is 2.33. The van der Waals surface area contributed by atoms with E-state index in [0.717, 1.165) is 40.2 Å². The number of nitrogen functional groups attached to an aromatic ring is 1. The number of carboxylic acid groups (broad SMARTS) is 1. The molecule has 596 valence electrons. The fourth-order valence-corrected chi connectivity index (χ4v) is 12.9. The van der Waals surface area contributed by atoms with Crippen LogP contribution in [0.2, 0.25) is 0 Å². The highest BCUT2D eigenvalue weighted by Crippen LogP contribution is 2.30. The molecule has 35 nitrogen and oxygen atoms in total. The van der Waals surface area contributed by atoms with Crippen LogP contribution < -0.4 is 43.0 Å². The first-order chi connectivity index (χ1) is 55.9. The topological polar surface area (TPSA) is 470 Å². The lowest BCUT2D eigenvalue weighted by Crippen LogP contribution is -2.52. The number of aliphatic hydroxyl groups is 1. The van der Waals surface area contributed by atoms with Gasteiger partial charge in [-0.2, -0.15) is 15.0 Å². The SMILES string of the molecule is CC(C)(C)OC(=O)N1CC(CO)C1.COC(=O)c1csc(N)c1.COC(=O)c1csc(Nc2nccc(Nc3ccnc(-c4cccc(C)n4)n3)n2)c1.Cc1cccc(-c2nccc(Nc3ccnc(Nc4cc(C(=O)O)cs4)n3)n2)n1.Cc1cccc(-c2nccc(Nc3ccnc(Nc4cc(C(=O)OCC5CNC5)cs4)n3)n2)n1. The van der Waals surface area contributed by atoms with Crippen LogP contribution in [0.5, 0.6) is 0 Å². The average Bonchev–Trinajstić information content (AvgIpc) is 1.40. The zero-order valence-electron chi connectivity index (χ0n) is 63.6. The molecule has 2 aliphatic heterocycles. The molecule has 0 aliphatic carbocycles. The van der Waals surface area contributed by atoms with Crippen molar-refractivity contribution in [3.8, 4) is 34.6 Å². The van der Waals surface area contributed by atoms with E-state index in [2.05, 4.69) is 117 Å². The average molecular weight is 1640 g/mol. The van der Waals surface area contributed by atoms with Gasteiger partial charge in [0.05, 0.1) is 63.1 Å². The summed E-state index contributed by atoms with van der Waals surface area (Å²) in [4.78, 5) is 124. The van der Waals surface area contributed by atoms with Crippen LogP contribution in [0.3, 0.4) is 0 Å². The predicted molar refractivity (Wildman–Crippen MR) is 442 cm³/mol. The molecule has 2 aliphatic rings. The third-order valence-electron chi connectivity index (χ3n) is 15.7. The van der Waals surface area contributed by atoms with Gasteiger partial charge < -0.3 is 77.0 Å². The van der Waals surface area contributed by atoms with Gasteiger partial charge in [0.2, 0.25) is 17.8 Å². The van der Waals surface area contributed by atoms with E-state index in [-0.39, 0.29) is 36.1 Å². The molecule has 0 atom stereocenters. The Kier molecular flexibility index (Phi) is 28.9. The minimum Gasteiger partial charge on any atom is -0.478 e. The number of aryl methyl sites for hydroxylation is 3. The third kappa shape index (κ3) is 25.2. The number of carboxylic acids is 1. The van der Waals surface area contributed by atoms with Crippen LogP contribution in [0.15, 0.2) is 174 Å². The molecule has 11 N–H and O–H groups in total. The molecule has 15 rings (SSSR count). The molecule has 0 aromatic carbocycles. The molecule has 0 unspecified atom stereocenters. The van der Waals surface area contributed by atoms with Crippen LogP contribution in [-0.2, 0) is 18.9 Å². The molecular formula is C77H78N24O11S4. The lowest BCUT2D eigenvalue weighted by Gasteiger charge is -2.38. The molecule has 0 bridgehead atoms. The Morgan fingerprint density at radius 2 is 0.836 bits per heavy atom. The Morgan fingerprint density at radius 3 is 1.17 bits per heavy atom. The number of likely N-dealkylation sites (tertiary alicyclic amines) is 1. The van der Waals surface area contributed by atoms with Crippen LogP contribution in [0.4, 0.5) is 77.6 Å². The maximum atomic E-state index is 12.2. The second kappa shape index (κ2) is 40.2. The Morgan fingerprint density at radius 1 is 0.474 bits per heavy atom. The van der Waals surface area contributed by atoms with Gasteiger partial charge in [0.15, 0.2) is 17.5 Å². The minimum atomic E-state index is -0.978. The number of nitrogens with one attached hydrogen (secondary N) is 7. The first-order valence-corrected chi connectivity index (χ1v) is 38.9. The summed E-state index contributed by atoms with van der Waals surface area (Å²) in [6, 6.07) is 34.0. The number of rotatable bonds is 22. The number of pyridine rings is 3. The largest absolute Gasteiger partial charge is 0.478 e. The predicted octanol–water partition coefficient (Wildman–Crippen LogP) is 13.4. The highest BCUT2D eigenvalue weighted by molar-refractivity contribution is 7.15. The number of esters is 3. The standard InChI is InChI=1S/C23H22N8O2S.C20H17N7O2S.C19H15N7O2S.C9H17NO3.C6H7NO2S/c1-14-3-2-4-17(27-14)21-25-7-5-18(29-21)28-19-6-8-26-23(30-19)31-20-9-16(13-34-20)22(32)33-12-15-10-24-11-15;1-12-4-3-5-14(23-12)18-21-8-6-15(25-18)24-16-7-9-22-20(26-16)27-17-10-13(11-30-17)19(28)29-2;1-11-3-2-4-13(22-11)17-20-7-5-14(24-17)23-15-6-8-21-19(25-15)26-16-9-12(10-29-16)18(27)28;1-9(2,3)13-8(12)10-4-7(5-10)6-11;1-9-6(8)4-2-5(7)10-3-4/h2-9,13,15,24H,10-12H2,1H3,(H2,25,26,28,29,30,31);3-11H,1-2H3,(H2,21,22,24,25,26,27);2-10H,1H3,(H,27,28)(H2,20,21,23,24,25,26);7,11H,4-6H2,1-3H3;2-3H,7H2,1H3. The molecule has 13 aromatic heterocycles. The highest BCUT2D eigenvalue weighted by atomic mass is 32.1. The van der Waals surface area contributed by atoms with Crippen LogP contribution in [0, 0.1) is 32.6 Å². The van der Waals surface area contributed by atoms with Crippen molar-refractivity contribution in [1.82, 2.24) is 85.0 Å². The molecule has 1 amide bonds. The summed E-state index contributed by atoms with van der Waals surface area (Å²) >= 11 is 5.33. The molecule has 0 spiro atoms. The van der Waals surface area contributed by atoms with Crippen molar-refractivity contribution < 1.29 is 53.1 Å². The van der Waals surface area contributed by atoms with Crippen molar-refractivity contribution in [3.63, 3.8) is 0 Å². The molecule has 13 aromatic rings. The maximum absolute atomic E-state index is 12.2. The molecule has 39 heteroatoms. The number of hydrogen-bond acceptors (Lipinski definition) is 37. The zero-order chi connectivity index (χ0) is 82.1. The van der Waals surface area contributed by atoms with Gasteiger partial charge in [-0.1, -0.05) is 18.2 Å². The molecule has 0 saturated carbocycles. The van der Waals surface area contributed by atoms with Crippen molar-refractivity contribution >= 4 is 148 Å². The van der Waals surface area contributed by atoms with E-state index >= 15 is 0 Å². The first-order valence-electron chi connectivity index (χ1n) is 35.3. The van der Waals surface area contributed by atoms with E-state index in [0.29, 0.717) is 140 Å². The number of aromatic nitrogens is 15. The Labute approximate surface area is 680 Å². The van der Waals surface area contributed by atoms with E-state index in [1.54, 1.807) is 118 Å². The number of methoxy groups -OCH3 is 2. The number of aliphatic hydroxyl groups excluding tert-OH is 1. The third-order valence-corrected chi connectivity index (χ3v) is 19.0. The number of hydrogen-bond donors (Lipinski definition) is 10. The number of amides is 1. The first kappa shape index (κ1) is 83.3. The maximum Gasteiger partial charge on any atom is 0.410 e. The summed E-state index contributed by atoms with van der Waals surface area (Å²) in [7, 11) is 2.69. The smallest absolute Gasteiger partial charge is 0.410 e. The summed E-state index contributed by atoms with van der Waals surface area (Å²) in [5.41, 5.74) is 11.4. The van der Waals surface area contributed by atoms with Gasteiger partial charge in [-0.05, 0) is 139 Å². The second-order valence-electron chi connectivity index (χ2n) is 26.0. The van der Waals surface area contributed by atoms with E-state index in [1.165, 1.54) is 65.6 Å². The molecule has 2 saturated heterocycles. The van der Waals surface area contributed by atoms with Gasteiger partial charge in [-0.25, -0.2) is 83.8 Å². The minimum absolute atomic E-state index is 0.152. The molecule has 0 radical (unpaired) electrons. The Bertz CT molecular complexity index is 5520. The van der Waals surface area contributed by atoms with Crippen LogP contribution in [0.25, 0.3) is 34.6 Å². The van der Waals surface area contributed by atoms with Gasteiger partial charge in [0, 0.05) is 120 Å². The number of nitrogens with two attached hydrogens (primary N) is 1. The van der Waals surface area contributed by atoms with E-state index in [9.17, 15) is 24.0 Å². The van der Waals surface area contributed by atoms with E-state index in [1.807, 2.05) is 96.1 Å². The summed E-state index contributed by atoms with van der Waals surface area (Å²) in [6.45, 7) is 14.9. The summed E-state index contributed by atoms with van der Waals surface area (Å²) in [5, 5.41) is 49.0. The summed E-state index contributed by atoms with van der Waals surface area (Å²) in [6.07, 6.45) is 9.55. The lowest BCUT2D eigenvalue weighted by atomic mass is 10.0. The van der Waals surface area contributed by atoms with Crippen molar-refractivity contribution in [1.29, 1.82) is 0 Å². The molecular weight excluding hydrogens is 1570 g/mol. The number of ether oxygens (including phenoxy) is 4. The van der Waals surface area contributed by atoms with Gasteiger partial charge in [0.1, 0.15) is 57.6 Å². The van der Waals surface area contributed by atoms with Crippen molar-refractivity contribution in [2.24, 2.45) is 11.8 Å². The normalized spacial score (nSPS) is 12.1. The van der Waals surface area contributed by atoms with E-state index in [4.69, 9.17) is 30.2 Å². The Balaban J connectivity index is 0.000000151. The zero-order valence-corrected chi connectivity index (χ0v) is 66.8. The van der Waals surface area contributed by atoms with Gasteiger partial charge in [-0.15, -0.1) is 45.3 Å². The quantitative estimate of drug-likeness (QED) is 0.0222. The Hall–Kier alpha value is -13.6. The molecule has 116 heavy (non-hydrogen) atoms. The number of carbonyl (C=O) groups is 5. The van der Waals surface area contributed by atoms with Crippen LogP contribution in [-0.4, -0.2) is 179 Å². The number of anilines is 13. The van der Waals surface area contributed by atoms with E-state index < -0.39 is 17.5 Å². The summed E-state index contributed by atoms with van der Waals surface area (Å²) < 4.78 is 19.7. The van der Waals surface area contributed by atoms with Gasteiger partial charge in [-0.3, -0.25) is 0 Å². The number of nitrogens with zero attached hydrogens (tertiary/aromatic N) is 16. The van der Waals surface area contributed by atoms with Crippen LogP contribution >= 0.6 is 45.3 Å². The second-order valence-corrected chi connectivity index (χ2v) is 29.7. The summed E-state index contributed by atoms with van der Waals surface area (Å²) in [5.74, 6) is 4.64. The van der Waals surface area contributed by atoms with Gasteiger partial charge in [0.25, 0.3) is 0 Å². The number of thiophene rings is 4. The van der Waals surface area contributed by atoms with Gasteiger partial charge >= 0.3 is 30.0 Å². The van der Waals surface area contributed by atoms with Crippen molar-refractivity contribution in [2.45, 2.75) is 47.1 Å². The molecule has 15 heterocycles. The van der Waals surface area contributed by atoms with Crippen molar-refractivity contribution in [3.05, 3.63) is 213 Å². The van der Waals surface area contributed by atoms with Crippen LogP contribution in [0.1, 0.15) is 79.3 Å². The number of aromatic carboxylic acids is 1. The fourth-order valence-electron chi connectivity index (χ4n) is 9.98.